The van der Waals surface area contributed by atoms with Gasteiger partial charge in [-0.1, -0.05) is 13.8 Å². The van der Waals surface area contributed by atoms with E-state index in [2.05, 4.69) is 16.0 Å². The minimum absolute atomic E-state index is 0.00756. The second-order valence-corrected chi connectivity index (χ2v) is 4.35. The molecule has 0 aliphatic carbocycles. The fourth-order valence-electron chi connectivity index (χ4n) is 1.32. The summed E-state index contributed by atoms with van der Waals surface area (Å²) in [5, 5.41) is 7.81. The SMILES string of the molecule is CC(=O)NC[C@H](C)NC(=O)[C@@H](NC=O)C(C)C. The molecule has 2 atom stereocenters. The van der Waals surface area contributed by atoms with E-state index in [0.717, 1.165) is 0 Å². The van der Waals surface area contributed by atoms with Crippen LogP contribution in [0.3, 0.4) is 0 Å². The molecule has 0 bridgehead atoms. The molecule has 6 nitrogen and oxygen atoms in total. The molecule has 0 saturated heterocycles. The Bertz CT molecular complexity index is 279. The Morgan fingerprint density at radius 1 is 1.24 bits per heavy atom. The van der Waals surface area contributed by atoms with Gasteiger partial charge in [-0.15, -0.1) is 0 Å². The van der Waals surface area contributed by atoms with Gasteiger partial charge in [0.25, 0.3) is 0 Å². The highest BCUT2D eigenvalue weighted by Crippen LogP contribution is 2.01. The van der Waals surface area contributed by atoms with Gasteiger partial charge in [-0.05, 0) is 12.8 Å². The summed E-state index contributed by atoms with van der Waals surface area (Å²) in [4.78, 5) is 32.9. The Hall–Kier alpha value is -1.59. The molecule has 3 amide bonds. The highest BCUT2D eigenvalue weighted by atomic mass is 16.2. The molecule has 17 heavy (non-hydrogen) atoms. The Morgan fingerprint density at radius 2 is 1.82 bits per heavy atom. The Morgan fingerprint density at radius 3 is 2.24 bits per heavy atom. The second-order valence-electron chi connectivity index (χ2n) is 4.35. The van der Waals surface area contributed by atoms with E-state index in [9.17, 15) is 14.4 Å². The number of nitrogens with one attached hydrogen (secondary N) is 3. The van der Waals surface area contributed by atoms with Crippen molar-refractivity contribution in [1.29, 1.82) is 0 Å². The van der Waals surface area contributed by atoms with Crippen LogP contribution in [-0.4, -0.2) is 36.9 Å². The highest BCUT2D eigenvalue weighted by Gasteiger charge is 2.22. The third-order valence-corrected chi connectivity index (χ3v) is 2.24. The van der Waals surface area contributed by atoms with Crippen molar-refractivity contribution < 1.29 is 14.4 Å². The fourth-order valence-corrected chi connectivity index (χ4v) is 1.32. The molecular formula is C11H21N3O3. The van der Waals surface area contributed by atoms with Crippen LogP contribution < -0.4 is 16.0 Å². The first kappa shape index (κ1) is 15.4. The van der Waals surface area contributed by atoms with Gasteiger partial charge in [0.2, 0.25) is 18.2 Å². The summed E-state index contributed by atoms with van der Waals surface area (Å²) >= 11 is 0. The van der Waals surface area contributed by atoms with Gasteiger partial charge in [-0.3, -0.25) is 14.4 Å². The first-order valence-corrected chi connectivity index (χ1v) is 5.63. The van der Waals surface area contributed by atoms with Gasteiger partial charge in [0.05, 0.1) is 0 Å². The molecule has 0 spiro atoms. The van der Waals surface area contributed by atoms with Crippen LogP contribution in [0.1, 0.15) is 27.7 Å². The molecule has 6 heteroatoms. The van der Waals surface area contributed by atoms with E-state index in [0.29, 0.717) is 13.0 Å². The molecule has 0 aliphatic rings. The summed E-state index contributed by atoms with van der Waals surface area (Å²) in [6, 6.07) is -0.728. The van der Waals surface area contributed by atoms with Gasteiger partial charge in [-0.25, -0.2) is 0 Å². The van der Waals surface area contributed by atoms with Crippen molar-refractivity contribution in [2.45, 2.75) is 39.8 Å². The molecule has 0 aromatic carbocycles. The summed E-state index contributed by atoms with van der Waals surface area (Å²) in [6.07, 6.45) is 0.517. The van der Waals surface area contributed by atoms with Crippen molar-refractivity contribution in [3.05, 3.63) is 0 Å². The standard InChI is InChI=1S/C11H21N3O3/c1-7(2)10(13-6-15)11(17)14-8(3)5-12-9(4)16/h6-8,10H,5H2,1-4H3,(H,12,16)(H,13,15)(H,14,17)/t8-,10-/m0/s1. The summed E-state index contributed by atoms with van der Waals surface area (Å²) < 4.78 is 0. The Balaban J connectivity index is 4.20. The van der Waals surface area contributed by atoms with Crippen molar-refractivity contribution in [1.82, 2.24) is 16.0 Å². The molecule has 0 aliphatic heterocycles. The second kappa shape index (κ2) is 7.65. The van der Waals surface area contributed by atoms with Crippen LogP contribution in [0.4, 0.5) is 0 Å². The monoisotopic (exact) mass is 243 g/mol. The van der Waals surface area contributed by atoms with E-state index in [1.54, 1.807) is 6.92 Å². The Kier molecular flexibility index (Phi) is 6.93. The maximum atomic E-state index is 11.8. The van der Waals surface area contributed by atoms with Crippen LogP contribution in [0.25, 0.3) is 0 Å². The van der Waals surface area contributed by atoms with Gasteiger partial charge < -0.3 is 16.0 Å². The Labute approximate surface area is 102 Å². The van der Waals surface area contributed by atoms with E-state index >= 15 is 0 Å². The summed E-state index contributed by atoms with van der Waals surface area (Å²) in [7, 11) is 0. The van der Waals surface area contributed by atoms with Crippen LogP contribution in [0.5, 0.6) is 0 Å². The number of rotatable bonds is 7. The lowest BCUT2D eigenvalue weighted by molar-refractivity contribution is -0.127. The topological polar surface area (TPSA) is 87.3 Å². The lowest BCUT2D eigenvalue weighted by Gasteiger charge is -2.22. The minimum Gasteiger partial charge on any atom is -0.354 e. The highest BCUT2D eigenvalue weighted by molar-refractivity contribution is 5.84. The quantitative estimate of drug-likeness (QED) is 0.522. The van der Waals surface area contributed by atoms with Crippen molar-refractivity contribution in [3.63, 3.8) is 0 Å². The summed E-state index contributed by atoms with van der Waals surface area (Å²) in [5.74, 6) is -0.379. The predicted molar refractivity (Wildman–Crippen MR) is 64.1 cm³/mol. The molecule has 0 heterocycles. The van der Waals surface area contributed by atoms with Crippen LogP contribution >= 0.6 is 0 Å². The van der Waals surface area contributed by atoms with Crippen molar-refractivity contribution >= 4 is 18.2 Å². The maximum absolute atomic E-state index is 11.8. The minimum atomic E-state index is -0.549. The smallest absolute Gasteiger partial charge is 0.243 e. The zero-order valence-corrected chi connectivity index (χ0v) is 10.7. The average molecular weight is 243 g/mol. The third-order valence-electron chi connectivity index (χ3n) is 2.24. The molecule has 0 aromatic heterocycles. The predicted octanol–water partition coefficient (Wildman–Crippen LogP) is -0.602. The normalized spacial score (nSPS) is 13.7. The van der Waals surface area contributed by atoms with E-state index in [4.69, 9.17) is 0 Å². The number of amides is 3. The maximum Gasteiger partial charge on any atom is 0.243 e. The van der Waals surface area contributed by atoms with Crippen molar-refractivity contribution in [3.8, 4) is 0 Å². The molecule has 3 N–H and O–H groups in total. The van der Waals surface area contributed by atoms with Crippen LogP contribution in [-0.2, 0) is 14.4 Å². The van der Waals surface area contributed by atoms with Crippen LogP contribution in [0, 0.1) is 5.92 Å². The van der Waals surface area contributed by atoms with E-state index in [1.165, 1.54) is 6.92 Å². The zero-order valence-electron chi connectivity index (χ0n) is 10.7. The molecule has 98 valence electrons. The number of carbonyl (C=O) groups is 3. The van der Waals surface area contributed by atoms with Gasteiger partial charge in [0, 0.05) is 19.5 Å². The van der Waals surface area contributed by atoms with Gasteiger partial charge in [0.1, 0.15) is 6.04 Å². The van der Waals surface area contributed by atoms with Crippen molar-refractivity contribution in [2.24, 2.45) is 5.92 Å². The van der Waals surface area contributed by atoms with E-state index in [1.807, 2.05) is 13.8 Å². The van der Waals surface area contributed by atoms with Gasteiger partial charge in [0.15, 0.2) is 0 Å². The molecule has 0 rings (SSSR count). The summed E-state index contributed by atoms with van der Waals surface area (Å²) in [6.45, 7) is 7.26. The van der Waals surface area contributed by atoms with Crippen LogP contribution in [0.2, 0.25) is 0 Å². The zero-order chi connectivity index (χ0) is 13.4. The van der Waals surface area contributed by atoms with Crippen LogP contribution in [0.15, 0.2) is 0 Å². The lowest BCUT2D eigenvalue weighted by atomic mass is 10.0. The lowest BCUT2D eigenvalue weighted by Crippen LogP contribution is -2.51. The number of hydrogen-bond donors (Lipinski definition) is 3. The largest absolute Gasteiger partial charge is 0.354 e. The number of hydrogen-bond acceptors (Lipinski definition) is 3. The summed E-state index contributed by atoms with van der Waals surface area (Å²) in [5.41, 5.74) is 0. The van der Waals surface area contributed by atoms with E-state index in [-0.39, 0.29) is 23.8 Å². The molecule has 0 unspecified atom stereocenters. The van der Waals surface area contributed by atoms with E-state index < -0.39 is 6.04 Å². The molecule has 0 fully saturated rings. The first-order valence-electron chi connectivity index (χ1n) is 5.63. The van der Waals surface area contributed by atoms with Crippen molar-refractivity contribution in [2.75, 3.05) is 6.54 Å². The first-order chi connectivity index (χ1) is 7.88. The molecule has 0 saturated carbocycles. The van der Waals surface area contributed by atoms with Gasteiger partial charge in [-0.2, -0.15) is 0 Å². The third kappa shape index (κ3) is 6.55. The molecule has 0 aromatic rings. The fraction of sp³-hybridized carbons (Fsp3) is 0.727. The number of carbonyl (C=O) groups excluding carboxylic acids is 3. The average Bonchev–Trinajstić information content (AvgIpc) is 2.22. The molecule has 0 radical (unpaired) electrons. The molecular weight excluding hydrogens is 222 g/mol. The van der Waals surface area contributed by atoms with Gasteiger partial charge >= 0.3 is 0 Å².